The average Bonchev–Trinajstić information content (AvgIpc) is 2.80. The summed E-state index contributed by atoms with van der Waals surface area (Å²) in [6.07, 6.45) is 1.71. The Labute approximate surface area is 171 Å². The molecular formula is C22H28N4O3. The summed E-state index contributed by atoms with van der Waals surface area (Å²) >= 11 is 0. The van der Waals surface area contributed by atoms with Gasteiger partial charge < -0.3 is 19.7 Å². The highest BCUT2D eigenvalue weighted by Gasteiger charge is 2.22. The molecule has 3 heterocycles. The van der Waals surface area contributed by atoms with Crippen molar-refractivity contribution in [1.29, 1.82) is 0 Å². The van der Waals surface area contributed by atoms with Crippen molar-refractivity contribution in [2.24, 2.45) is 0 Å². The Bertz CT molecular complexity index is 790. The topological polar surface area (TPSA) is 66.9 Å². The van der Waals surface area contributed by atoms with Crippen LogP contribution >= 0.6 is 0 Å². The molecule has 2 aliphatic rings. The monoisotopic (exact) mass is 396 g/mol. The molecule has 2 fully saturated rings. The number of aromatic nitrogens is 1. The number of amides is 1. The van der Waals surface area contributed by atoms with Gasteiger partial charge in [0.25, 0.3) is 5.91 Å². The molecule has 0 aliphatic carbocycles. The highest BCUT2D eigenvalue weighted by molar-refractivity contribution is 5.93. The van der Waals surface area contributed by atoms with Crippen molar-refractivity contribution in [2.75, 3.05) is 64.1 Å². The van der Waals surface area contributed by atoms with Crippen LogP contribution in [0.15, 0.2) is 48.7 Å². The molecule has 0 saturated carbocycles. The van der Waals surface area contributed by atoms with Gasteiger partial charge in [0.2, 0.25) is 0 Å². The van der Waals surface area contributed by atoms with E-state index in [9.17, 15) is 4.79 Å². The van der Waals surface area contributed by atoms with Crippen LogP contribution < -0.4 is 10.2 Å². The van der Waals surface area contributed by atoms with Gasteiger partial charge in [0, 0.05) is 44.6 Å². The Kier molecular flexibility index (Phi) is 6.71. The van der Waals surface area contributed by atoms with E-state index in [0.29, 0.717) is 18.9 Å². The second-order valence-corrected chi connectivity index (χ2v) is 7.35. The van der Waals surface area contributed by atoms with Crippen molar-refractivity contribution in [2.45, 2.75) is 6.04 Å². The molecule has 29 heavy (non-hydrogen) atoms. The fraction of sp³-hybridized carbons (Fsp3) is 0.455. The molecule has 2 aliphatic heterocycles. The normalized spacial score (nSPS) is 19.0. The molecule has 1 amide bonds. The zero-order valence-electron chi connectivity index (χ0n) is 16.6. The van der Waals surface area contributed by atoms with Gasteiger partial charge in [-0.2, -0.15) is 0 Å². The predicted molar refractivity (Wildman–Crippen MR) is 111 cm³/mol. The second-order valence-electron chi connectivity index (χ2n) is 7.35. The van der Waals surface area contributed by atoms with Gasteiger partial charge in [-0.15, -0.1) is 0 Å². The lowest BCUT2D eigenvalue weighted by Gasteiger charge is -2.31. The Morgan fingerprint density at radius 3 is 2.41 bits per heavy atom. The molecule has 7 nitrogen and oxygen atoms in total. The minimum absolute atomic E-state index is 0.101. The van der Waals surface area contributed by atoms with E-state index in [-0.39, 0.29) is 11.9 Å². The number of nitrogens with one attached hydrogen (secondary N) is 1. The van der Waals surface area contributed by atoms with Crippen molar-refractivity contribution < 1.29 is 14.3 Å². The predicted octanol–water partition coefficient (Wildman–Crippen LogP) is 1.72. The molecule has 1 unspecified atom stereocenters. The fourth-order valence-corrected chi connectivity index (χ4v) is 3.76. The number of morpholine rings is 2. The zero-order chi connectivity index (χ0) is 19.9. The fourth-order valence-electron chi connectivity index (χ4n) is 3.76. The molecule has 4 rings (SSSR count). The molecule has 2 aromatic rings. The van der Waals surface area contributed by atoms with E-state index in [1.807, 2.05) is 30.3 Å². The maximum atomic E-state index is 13.0. The number of rotatable bonds is 6. The van der Waals surface area contributed by atoms with Crippen LogP contribution in [-0.2, 0) is 9.47 Å². The third-order valence-corrected chi connectivity index (χ3v) is 5.40. The molecule has 2 saturated heterocycles. The summed E-state index contributed by atoms with van der Waals surface area (Å²) in [4.78, 5) is 21.9. The largest absolute Gasteiger partial charge is 0.379 e. The Morgan fingerprint density at radius 2 is 1.69 bits per heavy atom. The maximum Gasteiger partial charge on any atom is 0.270 e. The third kappa shape index (κ3) is 5.32. The van der Waals surface area contributed by atoms with Crippen LogP contribution in [-0.4, -0.2) is 74.9 Å². The molecule has 1 N–H and O–H groups in total. The SMILES string of the molecule is O=C(NC(CN1CCOCC1)c1ccccc1)c1cc(N2CCOCC2)ccn1. The first-order valence-corrected chi connectivity index (χ1v) is 10.2. The smallest absolute Gasteiger partial charge is 0.270 e. The van der Waals surface area contributed by atoms with Gasteiger partial charge in [-0.05, 0) is 17.7 Å². The lowest BCUT2D eigenvalue weighted by Crippen LogP contribution is -2.43. The first kappa shape index (κ1) is 19.8. The molecule has 1 atom stereocenters. The van der Waals surface area contributed by atoms with Crippen molar-refractivity contribution in [1.82, 2.24) is 15.2 Å². The van der Waals surface area contributed by atoms with Crippen molar-refractivity contribution in [3.05, 3.63) is 59.9 Å². The number of carbonyl (C=O) groups excluding carboxylic acids is 1. The number of nitrogens with zero attached hydrogens (tertiary/aromatic N) is 3. The van der Waals surface area contributed by atoms with Crippen LogP contribution in [0.25, 0.3) is 0 Å². The molecule has 1 aromatic carbocycles. The van der Waals surface area contributed by atoms with Crippen molar-refractivity contribution in [3.8, 4) is 0 Å². The van der Waals surface area contributed by atoms with Gasteiger partial charge in [0.15, 0.2) is 0 Å². The number of hydrogen-bond acceptors (Lipinski definition) is 6. The van der Waals surface area contributed by atoms with E-state index in [1.165, 1.54) is 0 Å². The standard InChI is InChI=1S/C22H28N4O3/c27-22(20-16-19(6-7-23-20)26-10-14-29-15-11-26)24-21(18-4-2-1-3-5-18)17-25-8-12-28-13-9-25/h1-7,16,21H,8-15,17H2,(H,24,27). The first-order chi connectivity index (χ1) is 14.3. The van der Waals surface area contributed by atoms with Crippen LogP contribution in [0.1, 0.15) is 22.1 Å². The van der Waals surface area contributed by atoms with Gasteiger partial charge in [0.1, 0.15) is 5.69 Å². The summed E-state index contributed by atoms with van der Waals surface area (Å²) in [6.45, 7) is 7.05. The molecule has 0 bridgehead atoms. The van der Waals surface area contributed by atoms with E-state index >= 15 is 0 Å². The second kappa shape index (κ2) is 9.82. The van der Waals surface area contributed by atoms with Crippen molar-refractivity contribution >= 4 is 11.6 Å². The average molecular weight is 396 g/mol. The lowest BCUT2D eigenvalue weighted by atomic mass is 10.1. The highest BCUT2D eigenvalue weighted by Crippen LogP contribution is 2.19. The number of carbonyl (C=O) groups is 1. The molecular weight excluding hydrogens is 368 g/mol. The Morgan fingerprint density at radius 1 is 1.00 bits per heavy atom. The van der Waals surface area contributed by atoms with Crippen LogP contribution in [0.4, 0.5) is 5.69 Å². The van der Waals surface area contributed by atoms with Gasteiger partial charge in [-0.3, -0.25) is 14.7 Å². The van der Waals surface area contributed by atoms with E-state index in [1.54, 1.807) is 6.20 Å². The first-order valence-electron chi connectivity index (χ1n) is 10.2. The van der Waals surface area contributed by atoms with E-state index < -0.39 is 0 Å². The van der Waals surface area contributed by atoms with Crippen molar-refractivity contribution in [3.63, 3.8) is 0 Å². The van der Waals surface area contributed by atoms with Crippen LogP contribution in [0.2, 0.25) is 0 Å². The molecule has 7 heteroatoms. The Balaban J connectivity index is 1.48. The highest BCUT2D eigenvalue weighted by atomic mass is 16.5. The zero-order valence-corrected chi connectivity index (χ0v) is 16.6. The summed E-state index contributed by atoms with van der Waals surface area (Å²) in [7, 11) is 0. The quantitative estimate of drug-likeness (QED) is 0.802. The van der Waals surface area contributed by atoms with Crippen LogP contribution in [0.5, 0.6) is 0 Å². The minimum Gasteiger partial charge on any atom is -0.379 e. The summed E-state index contributed by atoms with van der Waals surface area (Å²) in [5, 5.41) is 3.20. The third-order valence-electron chi connectivity index (χ3n) is 5.40. The molecule has 0 radical (unpaired) electrons. The van der Waals surface area contributed by atoms with E-state index in [2.05, 4.69) is 32.2 Å². The van der Waals surface area contributed by atoms with E-state index in [4.69, 9.17) is 9.47 Å². The summed E-state index contributed by atoms with van der Waals surface area (Å²) in [6, 6.07) is 13.8. The van der Waals surface area contributed by atoms with Gasteiger partial charge in [0.05, 0.1) is 32.5 Å². The van der Waals surface area contributed by atoms with Crippen LogP contribution in [0, 0.1) is 0 Å². The summed E-state index contributed by atoms with van der Waals surface area (Å²) in [5.41, 5.74) is 2.55. The maximum absolute atomic E-state index is 13.0. The number of ether oxygens (including phenoxy) is 2. The summed E-state index contributed by atoms with van der Waals surface area (Å²) in [5.74, 6) is -0.151. The molecule has 1 aromatic heterocycles. The molecule has 154 valence electrons. The van der Waals surface area contributed by atoms with E-state index in [0.717, 1.165) is 57.2 Å². The minimum atomic E-state index is -0.151. The summed E-state index contributed by atoms with van der Waals surface area (Å²) < 4.78 is 10.9. The number of anilines is 1. The number of pyridine rings is 1. The number of benzene rings is 1. The van der Waals surface area contributed by atoms with Gasteiger partial charge in [-0.25, -0.2) is 0 Å². The number of hydrogen-bond donors (Lipinski definition) is 1. The lowest BCUT2D eigenvalue weighted by molar-refractivity contribution is 0.0332. The van der Waals surface area contributed by atoms with Crippen LogP contribution in [0.3, 0.4) is 0 Å². The van der Waals surface area contributed by atoms with Gasteiger partial charge >= 0.3 is 0 Å². The van der Waals surface area contributed by atoms with Gasteiger partial charge in [-0.1, -0.05) is 30.3 Å². The Hall–Kier alpha value is -2.48. The molecule has 0 spiro atoms.